The number of fused-ring (bicyclic) bond motifs is 1. The summed E-state index contributed by atoms with van der Waals surface area (Å²) in [6.45, 7) is 6.57. The second-order valence-electron chi connectivity index (χ2n) is 10.8. The molecule has 0 radical (unpaired) electrons. The van der Waals surface area contributed by atoms with E-state index in [-0.39, 0.29) is 18.2 Å². The molecule has 12 heteroatoms. The smallest absolute Gasteiger partial charge is 0.407 e. The van der Waals surface area contributed by atoms with Gasteiger partial charge in [0.25, 0.3) is 0 Å². The van der Waals surface area contributed by atoms with Gasteiger partial charge >= 0.3 is 18.1 Å². The topological polar surface area (TPSA) is 153 Å². The summed E-state index contributed by atoms with van der Waals surface area (Å²) < 4.78 is 17.2. The molecule has 0 aliphatic heterocycles. The van der Waals surface area contributed by atoms with Gasteiger partial charge in [0.05, 0.1) is 6.54 Å². The molecule has 11 nitrogen and oxygen atoms in total. The first kappa shape index (κ1) is 31.8. The van der Waals surface area contributed by atoms with Crippen LogP contribution >= 0.6 is 11.3 Å². The van der Waals surface area contributed by atoms with Crippen molar-refractivity contribution >= 4 is 51.1 Å². The lowest BCUT2D eigenvalue weighted by molar-refractivity contribution is -0.149. The summed E-state index contributed by atoms with van der Waals surface area (Å²) in [5.41, 5.74) is 7.68. The number of esters is 1. The number of rotatable bonds is 11. The Kier molecular flexibility index (Phi) is 10.4. The molecule has 4 aromatic rings. The molecule has 228 valence electrons. The van der Waals surface area contributed by atoms with Gasteiger partial charge in [0.1, 0.15) is 36.3 Å². The number of aromatic nitrogens is 2. The maximum absolute atomic E-state index is 12.3. The van der Waals surface area contributed by atoms with Gasteiger partial charge in [-0.1, -0.05) is 30.3 Å². The van der Waals surface area contributed by atoms with E-state index in [9.17, 15) is 14.9 Å². The zero-order valence-electron chi connectivity index (χ0n) is 25.0. The fourth-order valence-corrected chi connectivity index (χ4v) is 4.96. The Hall–Kier alpha value is -5.15. The summed E-state index contributed by atoms with van der Waals surface area (Å²) in [5, 5.41) is 13.2. The van der Waals surface area contributed by atoms with Crippen LogP contribution in [0.4, 0.5) is 16.3 Å². The molecule has 0 spiro atoms. The van der Waals surface area contributed by atoms with Crippen LogP contribution < -0.4 is 20.7 Å². The van der Waals surface area contributed by atoms with Crippen LogP contribution in [0.2, 0.25) is 0 Å². The number of anilines is 2. The highest BCUT2D eigenvalue weighted by molar-refractivity contribution is 7.19. The molecule has 0 atom stereocenters. The lowest BCUT2D eigenvalue weighted by Crippen LogP contribution is -2.28. The highest BCUT2D eigenvalue weighted by Gasteiger charge is 2.20. The number of ether oxygens (including phenoxy) is 3. The minimum Gasteiger partial charge on any atom is -0.459 e. The first-order valence-corrected chi connectivity index (χ1v) is 14.6. The fourth-order valence-electron chi connectivity index (χ4n) is 3.92. The minimum absolute atomic E-state index is 0.0495. The van der Waals surface area contributed by atoms with Gasteiger partial charge in [-0.2, -0.15) is 10.2 Å². The van der Waals surface area contributed by atoms with Crippen LogP contribution in [0.3, 0.4) is 0 Å². The van der Waals surface area contributed by atoms with Crippen LogP contribution in [0, 0.1) is 11.3 Å². The number of nitriles is 1. The maximum atomic E-state index is 12.3. The first-order valence-electron chi connectivity index (χ1n) is 13.8. The Morgan fingerprint density at radius 1 is 1.11 bits per heavy atom. The number of amides is 1. The van der Waals surface area contributed by atoms with Crippen molar-refractivity contribution in [1.82, 2.24) is 15.3 Å². The second kappa shape index (κ2) is 14.3. The number of nitrogens with one attached hydrogen (secondary N) is 1. The van der Waals surface area contributed by atoms with Crippen molar-refractivity contribution in [2.45, 2.75) is 39.5 Å². The van der Waals surface area contributed by atoms with E-state index in [4.69, 9.17) is 19.9 Å². The van der Waals surface area contributed by atoms with Crippen molar-refractivity contribution in [3.05, 3.63) is 82.4 Å². The number of nitrogens with two attached hydrogens (primary N) is 1. The van der Waals surface area contributed by atoms with Gasteiger partial charge in [0.2, 0.25) is 0 Å². The Labute approximate surface area is 259 Å². The minimum atomic E-state index is -0.685. The third-order valence-electron chi connectivity index (χ3n) is 6.13. The monoisotopic (exact) mass is 614 g/mol. The molecule has 1 amide bonds. The van der Waals surface area contributed by atoms with Crippen LogP contribution in [-0.4, -0.2) is 47.8 Å². The molecule has 0 bridgehead atoms. The molecule has 0 aliphatic rings. The molecular formula is C32H34N6O5S. The Morgan fingerprint density at radius 3 is 2.57 bits per heavy atom. The predicted molar refractivity (Wildman–Crippen MR) is 170 cm³/mol. The second-order valence-corrected chi connectivity index (χ2v) is 11.9. The summed E-state index contributed by atoms with van der Waals surface area (Å²) in [4.78, 5) is 35.4. The Bertz CT molecular complexity index is 1690. The van der Waals surface area contributed by atoms with Crippen molar-refractivity contribution in [2.24, 2.45) is 0 Å². The molecule has 2 aromatic heterocycles. The number of carbonyl (C=O) groups is 2. The van der Waals surface area contributed by atoms with Crippen molar-refractivity contribution in [1.29, 1.82) is 5.26 Å². The van der Waals surface area contributed by atoms with Gasteiger partial charge in [-0.05, 0) is 67.6 Å². The number of hydrogen-bond donors (Lipinski definition) is 2. The van der Waals surface area contributed by atoms with E-state index >= 15 is 0 Å². The molecule has 2 heterocycles. The fraction of sp³-hybridized carbons (Fsp3) is 0.281. The highest BCUT2D eigenvalue weighted by atomic mass is 32.1. The average Bonchev–Trinajstić information content (AvgIpc) is 3.39. The number of hydrogen-bond acceptors (Lipinski definition) is 11. The summed E-state index contributed by atoms with van der Waals surface area (Å²) >= 11 is 1.47. The van der Waals surface area contributed by atoms with Crippen LogP contribution in [0.1, 0.15) is 36.8 Å². The van der Waals surface area contributed by atoms with Gasteiger partial charge in [-0.25, -0.2) is 14.6 Å². The van der Waals surface area contributed by atoms with Crippen molar-refractivity contribution in [3.8, 4) is 12.1 Å². The predicted octanol–water partition coefficient (Wildman–Crippen LogP) is 5.46. The van der Waals surface area contributed by atoms with Crippen LogP contribution in [0.25, 0.3) is 16.2 Å². The Balaban J connectivity index is 1.22. The molecular weight excluding hydrogens is 580 g/mol. The largest absolute Gasteiger partial charge is 0.459 e. The number of likely N-dealkylation sites (N-methyl/N-ethyl adjacent to an activating group) is 1. The molecule has 0 aliphatic carbocycles. The zero-order valence-corrected chi connectivity index (χ0v) is 25.8. The van der Waals surface area contributed by atoms with Crippen LogP contribution in [0.15, 0.2) is 66.4 Å². The van der Waals surface area contributed by atoms with Gasteiger partial charge < -0.3 is 30.2 Å². The summed E-state index contributed by atoms with van der Waals surface area (Å²) in [5.74, 6) is -0.306. The SMILES string of the molecule is CN(CCOC(=O)NCc1ccc(COc2nccc(N)n2)cc1)c1ccc2cc(/C=C(\C#N)C(=O)OC(C)(C)C)sc2c1. The standard InChI is InChI=1S/C32H34N6O5S/c1-32(2,3)43-29(39)24(18-33)16-26-15-23-9-10-25(17-27(23)44-26)38(4)13-14-41-31(40)36-19-21-5-7-22(8-6-21)20-42-30-35-12-11-28(34)37-30/h5-12,15-17H,13-14,19-20H2,1-4H3,(H,36,40)(H2,34,35,37)/b24-16+. The molecule has 0 fully saturated rings. The van der Waals surface area contributed by atoms with Gasteiger partial charge in [-0.15, -0.1) is 11.3 Å². The molecule has 0 saturated carbocycles. The summed E-state index contributed by atoms with van der Waals surface area (Å²) in [7, 11) is 1.91. The third kappa shape index (κ3) is 9.43. The highest BCUT2D eigenvalue weighted by Crippen LogP contribution is 2.31. The number of carbonyl (C=O) groups excluding carboxylic acids is 2. The van der Waals surface area contributed by atoms with E-state index in [1.807, 2.05) is 66.5 Å². The molecule has 0 unspecified atom stereocenters. The van der Waals surface area contributed by atoms with E-state index in [2.05, 4.69) is 15.3 Å². The Morgan fingerprint density at radius 2 is 1.86 bits per heavy atom. The average molecular weight is 615 g/mol. The van der Waals surface area contributed by atoms with E-state index in [1.165, 1.54) is 17.5 Å². The van der Waals surface area contributed by atoms with Gasteiger partial charge in [-0.3, -0.25) is 0 Å². The maximum Gasteiger partial charge on any atom is 0.407 e. The summed E-state index contributed by atoms with van der Waals surface area (Å²) in [6, 6.07) is 19.2. The van der Waals surface area contributed by atoms with E-state index in [1.54, 1.807) is 32.9 Å². The van der Waals surface area contributed by atoms with E-state index in [0.29, 0.717) is 25.5 Å². The first-order chi connectivity index (χ1) is 21.0. The van der Waals surface area contributed by atoms with Crippen molar-refractivity contribution in [2.75, 3.05) is 30.8 Å². The lowest BCUT2D eigenvalue weighted by atomic mass is 10.1. The summed E-state index contributed by atoms with van der Waals surface area (Å²) in [6.07, 6.45) is 2.58. The molecule has 3 N–H and O–H groups in total. The molecule has 2 aromatic carbocycles. The van der Waals surface area contributed by atoms with E-state index < -0.39 is 17.7 Å². The molecule has 0 saturated heterocycles. The normalized spacial score (nSPS) is 11.5. The van der Waals surface area contributed by atoms with Crippen molar-refractivity contribution in [3.63, 3.8) is 0 Å². The quantitative estimate of drug-likeness (QED) is 0.126. The lowest BCUT2D eigenvalue weighted by Gasteiger charge is -2.19. The van der Waals surface area contributed by atoms with Crippen molar-refractivity contribution < 1.29 is 23.8 Å². The number of nitrogen functional groups attached to an aromatic ring is 1. The van der Waals surface area contributed by atoms with E-state index in [0.717, 1.165) is 31.8 Å². The van der Waals surface area contributed by atoms with Gasteiger partial charge in [0.15, 0.2) is 0 Å². The number of nitrogens with zero attached hydrogens (tertiary/aromatic N) is 4. The van der Waals surface area contributed by atoms with Gasteiger partial charge in [0, 0.05) is 35.1 Å². The molecule has 44 heavy (non-hydrogen) atoms. The number of thiophene rings is 1. The molecule has 4 rings (SSSR count). The third-order valence-corrected chi connectivity index (χ3v) is 7.18. The van der Waals surface area contributed by atoms with Crippen LogP contribution in [-0.2, 0) is 27.4 Å². The number of alkyl carbamates (subject to hydrolysis) is 1. The van der Waals surface area contributed by atoms with Crippen LogP contribution in [0.5, 0.6) is 6.01 Å². The zero-order chi connectivity index (χ0) is 31.7. The number of benzene rings is 2.